The fraction of sp³-hybridized carbons (Fsp3) is 0. The highest BCUT2D eigenvalue weighted by Crippen LogP contribution is 2.22. The summed E-state index contributed by atoms with van der Waals surface area (Å²) in [6.45, 7) is 0. The van der Waals surface area contributed by atoms with Crippen LogP contribution in [0.2, 0.25) is 0 Å². The van der Waals surface area contributed by atoms with E-state index >= 15 is 0 Å². The second kappa shape index (κ2) is 5.98. The first-order valence-electron chi connectivity index (χ1n) is 6.73. The van der Waals surface area contributed by atoms with E-state index in [1.165, 1.54) is 17.0 Å². The number of hydrogen-bond acceptors (Lipinski definition) is 4. The van der Waals surface area contributed by atoms with Gasteiger partial charge in [0.25, 0.3) is 11.6 Å². The molecule has 1 saturated heterocycles. The van der Waals surface area contributed by atoms with E-state index in [1.54, 1.807) is 30.3 Å². The van der Waals surface area contributed by atoms with Gasteiger partial charge in [0.15, 0.2) is 5.11 Å². The quantitative estimate of drug-likeness (QED) is 0.406. The highest BCUT2D eigenvalue weighted by Gasteiger charge is 2.31. The van der Waals surface area contributed by atoms with Crippen LogP contribution in [0, 0.1) is 10.1 Å². The minimum atomic E-state index is -0.470. The maximum Gasteiger partial charge on any atom is 0.281 e. The third-order valence-electron chi connectivity index (χ3n) is 3.31. The van der Waals surface area contributed by atoms with Gasteiger partial charge in [0, 0.05) is 12.1 Å². The first-order valence-corrected chi connectivity index (χ1v) is 7.14. The number of thiocarbonyl (C=S) groups is 1. The zero-order valence-corrected chi connectivity index (χ0v) is 12.6. The number of non-ortho nitro benzene ring substituents is 1. The molecule has 114 valence electrons. The molecular weight excluding hydrogens is 314 g/mol. The molecule has 0 spiro atoms. The van der Waals surface area contributed by atoms with Crippen LogP contribution in [0.3, 0.4) is 0 Å². The van der Waals surface area contributed by atoms with Crippen molar-refractivity contribution in [1.29, 1.82) is 0 Å². The van der Waals surface area contributed by atoms with Crippen LogP contribution in [-0.2, 0) is 4.79 Å². The lowest BCUT2D eigenvalue weighted by Crippen LogP contribution is -2.30. The topological polar surface area (TPSA) is 75.5 Å². The van der Waals surface area contributed by atoms with E-state index in [4.69, 9.17) is 12.2 Å². The van der Waals surface area contributed by atoms with Gasteiger partial charge in [-0.25, -0.2) is 0 Å². The summed E-state index contributed by atoms with van der Waals surface area (Å²) in [4.78, 5) is 24.1. The Hall–Kier alpha value is -3.06. The van der Waals surface area contributed by atoms with Gasteiger partial charge in [-0.05, 0) is 48.1 Å². The molecule has 3 rings (SSSR count). The Kier molecular flexibility index (Phi) is 3.86. The molecule has 0 atom stereocenters. The maximum absolute atomic E-state index is 12.5. The van der Waals surface area contributed by atoms with Gasteiger partial charge in [-0.2, -0.15) is 0 Å². The summed E-state index contributed by atoms with van der Waals surface area (Å²) in [6.07, 6.45) is 1.61. The lowest BCUT2D eigenvalue weighted by Gasteiger charge is -2.13. The Morgan fingerprint density at radius 3 is 2.35 bits per heavy atom. The van der Waals surface area contributed by atoms with Gasteiger partial charge < -0.3 is 5.32 Å². The summed E-state index contributed by atoms with van der Waals surface area (Å²) in [5, 5.41) is 13.8. The second-order valence-corrected chi connectivity index (χ2v) is 5.20. The van der Waals surface area contributed by atoms with Gasteiger partial charge in [-0.15, -0.1) is 0 Å². The van der Waals surface area contributed by atoms with Crippen molar-refractivity contribution in [2.45, 2.75) is 0 Å². The molecule has 0 radical (unpaired) electrons. The normalized spacial score (nSPS) is 15.8. The first-order chi connectivity index (χ1) is 11.1. The lowest BCUT2D eigenvalue weighted by molar-refractivity contribution is -0.384. The number of anilines is 1. The van der Waals surface area contributed by atoms with Crippen LogP contribution in [0.15, 0.2) is 60.3 Å². The summed E-state index contributed by atoms with van der Waals surface area (Å²) in [7, 11) is 0. The number of nitrogens with zero attached hydrogens (tertiary/aromatic N) is 2. The molecule has 0 unspecified atom stereocenters. The van der Waals surface area contributed by atoms with E-state index < -0.39 is 4.92 Å². The SMILES string of the molecule is O=C1C(=Cc2ccc([N+](=O)[O-])cc2)NC(=S)N1c1ccccc1. The van der Waals surface area contributed by atoms with Gasteiger partial charge in [0.2, 0.25) is 0 Å². The molecule has 1 N–H and O–H groups in total. The van der Waals surface area contributed by atoms with Crippen molar-refractivity contribution in [2.75, 3.05) is 4.90 Å². The Balaban J connectivity index is 1.88. The average molecular weight is 325 g/mol. The van der Waals surface area contributed by atoms with Gasteiger partial charge in [0.1, 0.15) is 5.70 Å². The largest absolute Gasteiger partial charge is 0.327 e. The zero-order chi connectivity index (χ0) is 16.4. The second-order valence-electron chi connectivity index (χ2n) is 4.81. The smallest absolute Gasteiger partial charge is 0.281 e. The van der Waals surface area contributed by atoms with Crippen molar-refractivity contribution in [3.63, 3.8) is 0 Å². The van der Waals surface area contributed by atoms with Gasteiger partial charge in [-0.3, -0.25) is 19.8 Å². The van der Waals surface area contributed by atoms with E-state index in [0.717, 1.165) is 0 Å². The molecular formula is C16H11N3O3S. The Bertz CT molecular complexity index is 816. The highest BCUT2D eigenvalue weighted by molar-refractivity contribution is 7.80. The fourth-order valence-electron chi connectivity index (χ4n) is 2.21. The van der Waals surface area contributed by atoms with Gasteiger partial charge >= 0.3 is 0 Å². The molecule has 1 heterocycles. The predicted molar refractivity (Wildman–Crippen MR) is 90.7 cm³/mol. The molecule has 1 fully saturated rings. The number of benzene rings is 2. The molecule has 7 heteroatoms. The molecule has 1 aliphatic rings. The maximum atomic E-state index is 12.5. The molecule has 1 aliphatic heterocycles. The van der Waals surface area contributed by atoms with Crippen LogP contribution in [0.5, 0.6) is 0 Å². The minimum absolute atomic E-state index is 0.000657. The number of nitro benzene ring substituents is 1. The van der Waals surface area contributed by atoms with Crippen molar-refractivity contribution in [3.05, 3.63) is 76.0 Å². The summed E-state index contributed by atoms with van der Waals surface area (Å²) in [6, 6.07) is 15.0. The molecule has 0 bridgehead atoms. The summed E-state index contributed by atoms with van der Waals surface area (Å²) < 4.78 is 0. The number of nitrogens with one attached hydrogen (secondary N) is 1. The third kappa shape index (κ3) is 2.95. The fourth-order valence-corrected chi connectivity index (χ4v) is 2.50. The Morgan fingerprint density at radius 2 is 1.74 bits per heavy atom. The van der Waals surface area contributed by atoms with E-state index in [1.807, 2.05) is 18.2 Å². The van der Waals surface area contributed by atoms with Crippen LogP contribution in [-0.4, -0.2) is 15.9 Å². The van der Waals surface area contributed by atoms with Gasteiger partial charge in [-0.1, -0.05) is 18.2 Å². The van der Waals surface area contributed by atoms with Gasteiger partial charge in [0.05, 0.1) is 10.6 Å². The molecule has 0 aliphatic carbocycles. The number of rotatable bonds is 3. The molecule has 23 heavy (non-hydrogen) atoms. The van der Waals surface area contributed by atoms with Crippen LogP contribution in [0.4, 0.5) is 11.4 Å². The number of nitro groups is 1. The van der Waals surface area contributed by atoms with E-state index in [2.05, 4.69) is 5.32 Å². The first kappa shape index (κ1) is 14.9. The lowest BCUT2D eigenvalue weighted by atomic mass is 10.1. The molecule has 0 aromatic heterocycles. The summed E-state index contributed by atoms with van der Waals surface area (Å²) in [5.74, 6) is -0.264. The van der Waals surface area contributed by atoms with Crippen molar-refractivity contribution in [2.24, 2.45) is 0 Å². The van der Waals surface area contributed by atoms with E-state index in [-0.39, 0.29) is 11.6 Å². The molecule has 6 nitrogen and oxygen atoms in total. The minimum Gasteiger partial charge on any atom is -0.327 e. The van der Waals surface area contributed by atoms with Crippen LogP contribution >= 0.6 is 12.2 Å². The van der Waals surface area contributed by atoms with Crippen molar-refractivity contribution < 1.29 is 9.72 Å². The Morgan fingerprint density at radius 1 is 1.09 bits per heavy atom. The zero-order valence-electron chi connectivity index (χ0n) is 11.8. The van der Waals surface area contributed by atoms with E-state index in [9.17, 15) is 14.9 Å². The van der Waals surface area contributed by atoms with Crippen molar-refractivity contribution in [1.82, 2.24) is 5.32 Å². The van der Waals surface area contributed by atoms with Crippen LogP contribution in [0.1, 0.15) is 5.56 Å². The third-order valence-corrected chi connectivity index (χ3v) is 3.59. The van der Waals surface area contributed by atoms with Crippen LogP contribution in [0.25, 0.3) is 6.08 Å². The monoisotopic (exact) mass is 325 g/mol. The number of amides is 1. The average Bonchev–Trinajstić information content (AvgIpc) is 2.82. The van der Waals surface area contributed by atoms with Crippen molar-refractivity contribution >= 4 is 40.7 Å². The molecule has 2 aromatic rings. The summed E-state index contributed by atoms with van der Waals surface area (Å²) >= 11 is 5.21. The standard InChI is InChI=1S/C16H11N3O3S/c20-15-14(10-11-6-8-13(9-7-11)19(21)22)17-16(23)18(15)12-4-2-1-3-5-12/h1-10H,(H,17,23). The number of carbonyl (C=O) groups excluding carboxylic acids is 1. The number of hydrogen-bond donors (Lipinski definition) is 1. The number of carbonyl (C=O) groups is 1. The molecule has 1 amide bonds. The Labute approximate surface area is 137 Å². The van der Waals surface area contributed by atoms with Crippen LogP contribution < -0.4 is 10.2 Å². The summed E-state index contributed by atoms with van der Waals surface area (Å²) in [5.41, 5.74) is 1.68. The molecule has 2 aromatic carbocycles. The predicted octanol–water partition coefficient (Wildman–Crippen LogP) is 2.86. The molecule has 0 saturated carbocycles. The number of para-hydroxylation sites is 1. The van der Waals surface area contributed by atoms with Crippen molar-refractivity contribution in [3.8, 4) is 0 Å². The van der Waals surface area contributed by atoms with E-state index in [0.29, 0.717) is 22.1 Å². The highest BCUT2D eigenvalue weighted by atomic mass is 32.1.